The molecule has 0 atom stereocenters. The van der Waals surface area contributed by atoms with E-state index in [4.69, 9.17) is 10.3 Å². The van der Waals surface area contributed by atoms with Gasteiger partial charge in [-0.1, -0.05) is 0 Å². The van der Waals surface area contributed by atoms with E-state index in [0.717, 1.165) is 17.7 Å². The molecular weight excluding hydrogens is 242 g/mol. The fourth-order valence-corrected chi connectivity index (χ4v) is 1.58. The molecule has 0 saturated heterocycles. The van der Waals surface area contributed by atoms with E-state index in [1.165, 1.54) is 0 Å². The summed E-state index contributed by atoms with van der Waals surface area (Å²) in [5.41, 5.74) is 7.38. The number of halogens is 1. The van der Waals surface area contributed by atoms with Crippen molar-refractivity contribution >= 4 is 12.4 Å². The summed E-state index contributed by atoms with van der Waals surface area (Å²) in [6.07, 6.45) is 4.74. The molecule has 3 N–H and O–H groups in total. The molecule has 0 saturated carbocycles. The van der Waals surface area contributed by atoms with Crippen LogP contribution in [0.25, 0.3) is 11.3 Å². The van der Waals surface area contributed by atoms with E-state index in [1.54, 1.807) is 12.4 Å². The lowest BCUT2D eigenvalue weighted by atomic mass is 10.1. The van der Waals surface area contributed by atoms with Crippen LogP contribution in [-0.2, 0) is 6.42 Å². The van der Waals surface area contributed by atoms with Crippen LogP contribution in [0.2, 0.25) is 0 Å². The Balaban J connectivity index is 0.00000144. The molecule has 0 amide bonds. The maximum Gasteiger partial charge on any atom is 0.361 e. The minimum absolute atomic E-state index is 0. The highest BCUT2D eigenvalue weighted by Gasteiger charge is 2.12. The summed E-state index contributed by atoms with van der Waals surface area (Å²) in [4.78, 5) is 15.4. The lowest BCUT2D eigenvalue weighted by molar-refractivity contribution is 0.392. The Morgan fingerprint density at radius 3 is 2.71 bits per heavy atom. The molecule has 0 spiro atoms. The van der Waals surface area contributed by atoms with Gasteiger partial charge in [0.15, 0.2) is 0 Å². The van der Waals surface area contributed by atoms with Crippen LogP contribution in [0.5, 0.6) is 0 Å². The fourth-order valence-electron chi connectivity index (χ4n) is 1.58. The molecule has 0 fully saturated rings. The predicted molar refractivity (Wildman–Crippen MR) is 67.2 cm³/mol. The Hall–Kier alpha value is -1.59. The second-order valence-corrected chi connectivity index (χ2v) is 3.47. The van der Waals surface area contributed by atoms with Crippen molar-refractivity contribution in [3.8, 4) is 11.3 Å². The lowest BCUT2D eigenvalue weighted by Gasteiger charge is -1.99. The van der Waals surface area contributed by atoms with E-state index < -0.39 is 0 Å². The number of nitrogens with one attached hydrogen (secondary N) is 1. The van der Waals surface area contributed by atoms with Crippen LogP contribution in [0.1, 0.15) is 12.0 Å². The summed E-state index contributed by atoms with van der Waals surface area (Å²) in [5.74, 6) is 0. The first-order valence-electron chi connectivity index (χ1n) is 5.13. The molecule has 17 heavy (non-hydrogen) atoms. The molecule has 0 aliphatic heterocycles. The van der Waals surface area contributed by atoms with Gasteiger partial charge in [-0.25, -0.2) is 9.95 Å². The van der Waals surface area contributed by atoms with Gasteiger partial charge in [-0.05, 0) is 31.5 Å². The molecule has 0 aliphatic rings. The molecule has 0 aromatic carbocycles. The van der Waals surface area contributed by atoms with Crippen LogP contribution in [0.15, 0.2) is 33.8 Å². The minimum atomic E-state index is -0.319. The van der Waals surface area contributed by atoms with Crippen molar-refractivity contribution in [3.63, 3.8) is 0 Å². The Bertz CT molecular complexity index is 507. The van der Waals surface area contributed by atoms with Crippen LogP contribution >= 0.6 is 12.4 Å². The van der Waals surface area contributed by atoms with Crippen molar-refractivity contribution in [2.45, 2.75) is 12.8 Å². The molecule has 2 aromatic heterocycles. The Kier molecular flexibility index (Phi) is 4.93. The molecule has 0 radical (unpaired) electrons. The first kappa shape index (κ1) is 13.5. The molecule has 0 aliphatic carbocycles. The summed E-state index contributed by atoms with van der Waals surface area (Å²) < 4.78 is 4.81. The van der Waals surface area contributed by atoms with Gasteiger partial charge in [0.05, 0.1) is 11.3 Å². The van der Waals surface area contributed by atoms with Crippen LogP contribution in [0.4, 0.5) is 0 Å². The van der Waals surface area contributed by atoms with Crippen molar-refractivity contribution < 1.29 is 4.52 Å². The zero-order chi connectivity index (χ0) is 11.4. The van der Waals surface area contributed by atoms with Crippen molar-refractivity contribution in [2.24, 2.45) is 5.73 Å². The topological polar surface area (TPSA) is 84.9 Å². The van der Waals surface area contributed by atoms with E-state index >= 15 is 0 Å². The Labute approximate surface area is 104 Å². The van der Waals surface area contributed by atoms with Gasteiger partial charge in [0, 0.05) is 18.0 Å². The zero-order valence-corrected chi connectivity index (χ0v) is 10.00. The third-order valence-electron chi connectivity index (χ3n) is 2.39. The van der Waals surface area contributed by atoms with Gasteiger partial charge < -0.3 is 10.3 Å². The van der Waals surface area contributed by atoms with Crippen LogP contribution < -0.4 is 11.4 Å². The van der Waals surface area contributed by atoms with E-state index in [2.05, 4.69) is 10.1 Å². The molecule has 2 heterocycles. The summed E-state index contributed by atoms with van der Waals surface area (Å²) in [6.45, 7) is 0.556. The van der Waals surface area contributed by atoms with E-state index in [-0.39, 0.29) is 18.0 Å². The second kappa shape index (κ2) is 6.22. The van der Waals surface area contributed by atoms with E-state index in [1.807, 2.05) is 12.1 Å². The van der Waals surface area contributed by atoms with Gasteiger partial charge in [0.25, 0.3) is 0 Å². The molecular formula is C11H14ClN3O2. The second-order valence-electron chi connectivity index (χ2n) is 3.47. The smallest absolute Gasteiger partial charge is 0.338 e. The Morgan fingerprint density at radius 1 is 1.35 bits per heavy atom. The molecule has 2 rings (SSSR count). The van der Waals surface area contributed by atoms with Crippen LogP contribution in [-0.4, -0.2) is 16.7 Å². The van der Waals surface area contributed by atoms with Crippen molar-refractivity contribution in [1.29, 1.82) is 0 Å². The van der Waals surface area contributed by atoms with Crippen LogP contribution in [0, 0.1) is 0 Å². The van der Waals surface area contributed by atoms with Gasteiger partial charge in [-0.15, -0.1) is 12.4 Å². The van der Waals surface area contributed by atoms with Gasteiger partial charge >= 0.3 is 5.63 Å². The number of hydrogen-bond acceptors (Lipinski definition) is 4. The summed E-state index contributed by atoms with van der Waals surface area (Å²) in [7, 11) is 0. The third kappa shape index (κ3) is 2.95. The first-order valence-corrected chi connectivity index (χ1v) is 5.13. The highest BCUT2D eigenvalue weighted by atomic mass is 35.5. The molecule has 6 heteroatoms. The molecule has 5 nitrogen and oxygen atoms in total. The molecule has 0 bridgehead atoms. The third-order valence-corrected chi connectivity index (χ3v) is 2.39. The minimum Gasteiger partial charge on any atom is -0.338 e. The molecule has 2 aromatic rings. The number of pyridine rings is 1. The zero-order valence-electron chi connectivity index (χ0n) is 9.18. The number of rotatable bonds is 4. The monoisotopic (exact) mass is 255 g/mol. The van der Waals surface area contributed by atoms with E-state index in [0.29, 0.717) is 18.5 Å². The average molecular weight is 256 g/mol. The summed E-state index contributed by atoms with van der Waals surface area (Å²) >= 11 is 0. The average Bonchev–Trinajstić information content (AvgIpc) is 2.69. The quantitative estimate of drug-likeness (QED) is 0.863. The number of aromatic amines is 1. The normalized spacial score (nSPS) is 9.94. The lowest BCUT2D eigenvalue weighted by Crippen LogP contribution is -2.07. The number of hydrogen-bond donors (Lipinski definition) is 2. The van der Waals surface area contributed by atoms with Crippen molar-refractivity contribution in [1.82, 2.24) is 10.1 Å². The number of nitrogens with two attached hydrogens (primary N) is 1. The standard InChI is InChI=1S/C11H13N3O2.ClH/c12-5-1-2-9-10(14-16-11(9)15)8-3-6-13-7-4-8;/h3-4,6-7,14H,1-2,5,12H2;1H. The first-order chi connectivity index (χ1) is 7.83. The van der Waals surface area contributed by atoms with Gasteiger partial charge in [0.1, 0.15) is 0 Å². The fraction of sp³-hybridized carbons (Fsp3) is 0.273. The number of H-pyrrole nitrogens is 1. The molecule has 0 unspecified atom stereocenters. The Morgan fingerprint density at radius 2 is 2.06 bits per heavy atom. The molecule has 92 valence electrons. The van der Waals surface area contributed by atoms with Crippen LogP contribution in [0.3, 0.4) is 0 Å². The predicted octanol–water partition coefficient (Wildman–Crippen LogP) is 1.34. The number of nitrogens with zero attached hydrogens (tertiary/aromatic N) is 1. The van der Waals surface area contributed by atoms with Gasteiger partial charge in [-0.2, -0.15) is 0 Å². The van der Waals surface area contributed by atoms with Crippen molar-refractivity contribution in [2.75, 3.05) is 6.54 Å². The van der Waals surface area contributed by atoms with Gasteiger partial charge in [0.2, 0.25) is 0 Å². The summed E-state index contributed by atoms with van der Waals surface area (Å²) in [6, 6.07) is 3.65. The maximum absolute atomic E-state index is 11.5. The SMILES string of the molecule is Cl.NCCCc1c(-c2ccncc2)[nH]oc1=O. The van der Waals surface area contributed by atoms with Gasteiger partial charge in [-0.3, -0.25) is 4.98 Å². The highest BCUT2D eigenvalue weighted by molar-refractivity contribution is 5.85. The maximum atomic E-state index is 11.5. The highest BCUT2D eigenvalue weighted by Crippen LogP contribution is 2.19. The number of aromatic nitrogens is 2. The largest absolute Gasteiger partial charge is 0.361 e. The van der Waals surface area contributed by atoms with E-state index in [9.17, 15) is 4.79 Å². The van der Waals surface area contributed by atoms with Crippen molar-refractivity contribution in [3.05, 3.63) is 40.5 Å². The summed E-state index contributed by atoms with van der Waals surface area (Å²) in [5, 5.41) is 2.64.